The fraction of sp³-hybridized carbons (Fsp3) is 0.0833. The monoisotopic (exact) mass is 531 g/mol. The van der Waals surface area contributed by atoms with Gasteiger partial charge in [-0.3, -0.25) is 9.59 Å². The van der Waals surface area contributed by atoms with Crippen LogP contribution in [0.3, 0.4) is 0 Å². The Labute approximate surface area is 237 Å². The predicted octanol–water partition coefficient (Wildman–Crippen LogP) is 8.73. The second-order valence-corrected chi connectivity index (χ2v) is 10.6. The van der Waals surface area contributed by atoms with Gasteiger partial charge in [-0.15, -0.1) is 0 Å². The molecule has 0 N–H and O–H groups in total. The normalized spacial score (nSPS) is 12.8. The maximum Gasteiger partial charge on any atom is 0.268 e. The minimum Gasteiger partial charge on any atom is -0.308 e. The Morgan fingerprint density at radius 1 is 0.659 bits per heavy atom. The number of hydrogen-bond donors (Lipinski definition) is 0. The van der Waals surface area contributed by atoms with Crippen molar-refractivity contribution in [2.75, 3.05) is 4.90 Å². The smallest absolute Gasteiger partial charge is 0.268 e. The summed E-state index contributed by atoms with van der Waals surface area (Å²) in [5.41, 5.74) is 9.51. The fourth-order valence-corrected chi connectivity index (χ4v) is 6.32. The van der Waals surface area contributed by atoms with Gasteiger partial charge in [0.15, 0.2) is 5.69 Å². The number of carbonyl (C=O) groups is 2. The summed E-state index contributed by atoms with van der Waals surface area (Å²) < 4.78 is 2.10. The Hall–Kier alpha value is -5.47. The minimum atomic E-state index is -0.313. The highest BCUT2D eigenvalue weighted by molar-refractivity contribution is 6.36. The van der Waals surface area contributed by atoms with Crippen molar-refractivity contribution in [1.82, 2.24) is 4.57 Å². The van der Waals surface area contributed by atoms with Gasteiger partial charge in [0.2, 0.25) is 0 Å². The molecule has 2 heterocycles. The number of para-hydroxylation sites is 1. The second-order valence-electron chi connectivity index (χ2n) is 10.6. The Morgan fingerprint density at radius 3 is 2.07 bits per heavy atom. The summed E-state index contributed by atoms with van der Waals surface area (Å²) in [5, 5.41) is 2.12. The van der Waals surface area contributed by atoms with Crippen LogP contribution in [0.2, 0.25) is 0 Å². The van der Waals surface area contributed by atoms with E-state index in [9.17, 15) is 9.59 Å². The van der Waals surface area contributed by atoms with Gasteiger partial charge in [-0.2, -0.15) is 0 Å². The third kappa shape index (κ3) is 3.62. The largest absolute Gasteiger partial charge is 0.308 e. The molecular weight excluding hydrogens is 506 g/mol. The van der Waals surface area contributed by atoms with Crippen LogP contribution in [0.1, 0.15) is 37.4 Å². The second kappa shape index (κ2) is 9.04. The molecule has 1 aliphatic heterocycles. The maximum atomic E-state index is 14.2. The zero-order chi connectivity index (χ0) is 28.4. The van der Waals surface area contributed by atoms with E-state index in [1.54, 1.807) is 6.07 Å². The molecule has 0 spiro atoms. The number of aromatic nitrogens is 1. The number of nitrogens with zero attached hydrogens (tertiary/aromatic N) is 3. The fourth-order valence-electron chi connectivity index (χ4n) is 6.32. The topological polar surface area (TPSA) is 46.7 Å². The van der Waals surface area contributed by atoms with Crippen molar-refractivity contribution in [2.24, 2.45) is 0 Å². The molecule has 0 saturated heterocycles. The van der Waals surface area contributed by atoms with E-state index in [2.05, 4.69) is 33.7 Å². The molecule has 5 aromatic carbocycles. The van der Waals surface area contributed by atoms with Crippen LogP contribution in [0.25, 0.3) is 43.5 Å². The van der Waals surface area contributed by atoms with E-state index < -0.39 is 0 Å². The summed E-state index contributed by atoms with van der Waals surface area (Å²) in [5.74, 6) is -0.615. The van der Waals surface area contributed by atoms with Gasteiger partial charge >= 0.3 is 0 Å². The van der Waals surface area contributed by atoms with E-state index in [4.69, 9.17) is 6.57 Å². The first-order valence-electron chi connectivity index (χ1n) is 13.5. The highest BCUT2D eigenvalue weighted by atomic mass is 16.2. The van der Waals surface area contributed by atoms with Crippen LogP contribution in [0.5, 0.6) is 0 Å². The molecule has 0 fully saturated rings. The molecule has 0 unspecified atom stereocenters. The van der Waals surface area contributed by atoms with Crippen LogP contribution in [0.15, 0.2) is 97.1 Å². The molecule has 6 aromatic rings. The first kappa shape index (κ1) is 24.6. The molecule has 1 aliphatic rings. The van der Waals surface area contributed by atoms with Gasteiger partial charge in [-0.1, -0.05) is 78.4 Å². The van der Waals surface area contributed by atoms with E-state index in [-0.39, 0.29) is 11.8 Å². The minimum absolute atomic E-state index is 0.303. The van der Waals surface area contributed by atoms with Gasteiger partial charge in [-0.25, -0.2) is 9.74 Å². The lowest BCUT2D eigenvalue weighted by atomic mass is 10.0. The third-order valence-corrected chi connectivity index (χ3v) is 8.00. The van der Waals surface area contributed by atoms with Crippen molar-refractivity contribution >= 4 is 45.0 Å². The van der Waals surface area contributed by atoms with Crippen LogP contribution in [0, 0.1) is 27.3 Å². The van der Waals surface area contributed by atoms with E-state index in [1.807, 2.05) is 87.5 Å². The molecule has 5 heteroatoms. The Bertz CT molecular complexity index is 2100. The zero-order valence-electron chi connectivity index (χ0n) is 22.9. The summed E-state index contributed by atoms with van der Waals surface area (Å²) >= 11 is 0. The van der Waals surface area contributed by atoms with Gasteiger partial charge in [0.05, 0.1) is 40.1 Å². The number of anilines is 1. The van der Waals surface area contributed by atoms with Crippen molar-refractivity contribution in [3.05, 3.63) is 136 Å². The van der Waals surface area contributed by atoms with E-state index in [0.29, 0.717) is 28.2 Å². The summed E-state index contributed by atoms with van der Waals surface area (Å²) in [4.78, 5) is 32.9. The first-order valence-corrected chi connectivity index (χ1v) is 13.5. The van der Waals surface area contributed by atoms with Crippen molar-refractivity contribution < 1.29 is 9.59 Å². The maximum absolute atomic E-state index is 14.2. The highest BCUT2D eigenvalue weighted by Gasteiger charge is 2.40. The molecule has 0 radical (unpaired) electrons. The van der Waals surface area contributed by atoms with Crippen molar-refractivity contribution in [3.63, 3.8) is 0 Å². The molecule has 0 bridgehead atoms. The Morgan fingerprint density at radius 2 is 1.34 bits per heavy atom. The van der Waals surface area contributed by atoms with Crippen molar-refractivity contribution in [1.29, 1.82) is 0 Å². The number of benzene rings is 5. The highest BCUT2D eigenvalue weighted by Crippen LogP contribution is 2.40. The Kier molecular flexibility index (Phi) is 5.42. The molecule has 196 valence electrons. The molecule has 7 rings (SSSR count). The number of hydrogen-bond acceptors (Lipinski definition) is 2. The molecule has 5 nitrogen and oxygen atoms in total. The van der Waals surface area contributed by atoms with Gasteiger partial charge in [-0.05, 0) is 67.3 Å². The molecule has 0 atom stereocenters. The predicted molar refractivity (Wildman–Crippen MR) is 164 cm³/mol. The zero-order valence-corrected chi connectivity index (χ0v) is 22.9. The summed E-state index contributed by atoms with van der Waals surface area (Å²) in [6, 6.07) is 31.5. The van der Waals surface area contributed by atoms with Gasteiger partial charge in [0.25, 0.3) is 11.8 Å². The summed E-state index contributed by atoms with van der Waals surface area (Å²) in [6.45, 7) is 13.2. The summed E-state index contributed by atoms with van der Waals surface area (Å²) in [6.07, 6.45) is 0. The lowest BCUT2D eigenvalue weighted by Crippen LogP contribution is -2.31. The van der Waals surface area contributed by atoms with Crippen LogP contribution in [-0.2, 0) is 0 Å². The number of carbonyl (C=O) groups excluding carboxylic acids is 2. The first-order chi connectivity index (χ1) is 19.9. The molecule has 0 aliphatic carbocycles. The van der Waals surface area contributed by atoms with Crippen molar-refractivity contribution in [2.45, 2.75) is 20.8 Å². The van der Waals surface area contributed by atoms with Crippen molar-refractivity contribution in [3.8, 4) is 16.8 Å². The van der Waals surface area contributed by atoms with E-state index in [0.717, 1.165) is 49.6 Å². The number of fused-ring (bicyclic) bond motifs is 4. The van der Waals surface area contributed by atoms with E-state index in [1.165, 1.54) is 4.90 Å². The number of imide groups is 1. The van der Waals surface area contributed by atoms with Crippen LogP contribution in [0.4, 0.5) is 11.4 Å². The number of amides is 2. The number of aryl methyl sites for hydroxylation is 3. The molecule has 0 saturated carbocycles. The van der Waals surface area contributed by atoms with Crippen LogP contribution < -0.4 is 4.90 Å². The molecular formula is C36H25N3O2. The lowest BCUT2D eigenvalue weighted by Gasteiger charge is -2.20. The van der Waals surface area contributed by atoms with Gasteiger partial charge in [0, 0.05) is 10.8 Å². The van der Waals surface area contributed by atoms with Gasteiger partial charge < -0.3 is 4.57 Å². The van der Waals surface area contributed by atoms with Crippen LogP contribution in [-0.4, -0.2) is 16.4 Å². The quantitative estimate of drug-likeness (QED) is 0.169. The van der Waals surface area contributed by atoms with E-state index >= 15 is 0 Å². The molecule has 2 amide bonds. The average molecular weight is 532 g/mol. The Balaban J connectivity index is 1.48. The van der Waals surface area contributed by atoms with Crippen LogP contribution >= 0.6 is 0 Å². The lowest BCUT2D eigenvalue weighted by molar-refractivity contribution is 0.0925. The molecule has 41 heavy (non-hydrogen) atoms. The molecule has 1 aromatic heterocycles. The third-order valence-electron chi connectivity index (χ3n) is 8.00. The average Bonchev–Trinajstić information content (AvgIpc) is 3.44. The summed E-state index contributed by atoms with van der Waals surface area (Å²) in [7, 11) is 0. The number of rotatable bonds is 3. The standard InChI is InChI=1S/C36H25N3O2/c1-21-18-22(2)34(23(3)19-21)39-35(40)29-9-7-11-31(33(29)36(39)41)38-30-10-6-5-8-27(30)28-17-14-25(20-32(28)38)24-12-15-26(37-4)16-13-24/h5-20H,1-3H3. The van der Waals surface area contributed by atoms with Gasteiger partial charge in [0.1, 0.15) is 0 Å². The SMILES string of the molecule is [C-]#[N+]c1ccc(-c2ccc3c4ccccc4n(-c4cccc5c4C(=O)N(c4c(C)cc(C)cc4C)C5=O)c3c2)cc1.